The molecule has 0 amide bonds. The largest absolute Gasteiger partial charge is 0.227 e. The Balaban J connectivity index is 4.45. The number of nitriles is 1. The predicted octanol–water partition coefficient (Wildman–Crippen LogP) is 1.25. The van der Waals surface area contributed by atoms with Gasteiger partial charge in [-0.05, 0) is 11.8 Å². The van der Waals surface area contributed by atoms with Crippen molar-refractivity contribution < 1.29 is 8.42 Å². The molecular weight excluding hydrogens is 200 g/mol. The van der Waals surface area contributed by atoms with Crippen molar-refractivity contribution in [2.75, 3.05) is 6.54 Å². The topological polar surface area (TPSA) is 70.0 Å². The summed E-state index contributed by atoms with van der Waals surface area (Å²) in [4.78, 5) is 0. The number of nitrogens with zero attached hydrogens (tertiary/aromatic N) is 1. The average molecular weight is 218 g/mol. The molecule has 82 valence electrons. The number of hydrogen-bond acceptors (Lipinski definition) is 3. The van der Waals surface area contributed by atoms with Crippen LogP contribution in [0.1, 0.15) is 34.1 Å². The lowest BCUT2D eigenvalue weighted by atomic mass is 9.98. The number of sulfonamides is 1. The van der Waals surface area contributed by atoms with Crippen molar-refractivity contribution >= 4 is 10.0 Å². The van der Waals surface area contributed by atoms with Crippen molar-refractivity contribution in [3.8, 4) is 6.07 Å². The minimum atomic E-state index is -3.47. The molecule has 1 N–H and O–H groups in total. The van der Waals surface area contributed by atoms with E-state index in [1.165, 1.54) is 0 Å². The summed E-state index contributed by atoms with van der Waals surface area (Å²) in [5.41, 5.74) is -0.110. The SMILES string of the molecule is CCC(C#N)S(=O)(=O)NCC(C)(C)C. The van der Waals surface area contributed by atoms with Gasteiger partial charge in [-0.15, -0.1) is 0 Å². The molecule has 0 radical (unpaired) electrons. The first-order chi connectivity index (χ1) is 6.23. The molecule has 0 saturated carbocycles. The molecule has 0 spiro atoms. The zero-order chi connectivity index (χ0) is 11.4. The Morgan fingerprint density at radius 1 is 1.43 bits per heavy atom. The van der Waals surface area contributed by atoms with Gasteiger partial charge in [0.15, 0.2) is 5.25 Å². The molecule has 0 aliphatic carbocycles. The van der Waals surface area contributed by atoms with E-state index in [0.29, 0.717) is 13.0 Å². The first-order valence-electron chi connectivity index (χ1n) is 4.61. The summed E-state index contributed by atoms with van der Waals surface area (Å²) in [6.45, 7) is 7.84. The van der Waals surface area contributed by atoms with E-state index in [0.717, 1.165) is 0 Å². The van der Waals surface area contributed by atoms with Crippen molar-refractivity contribution in [1.82, 2.24) is 4.72 Å². The molecule has 0 aromatic rings. The summed E-state index contributed by atoms with van der Waals surface area (Å²) >= 11 is 0. The summed E-state index contributed by atoms with van der Waals surface area (Å²) in [7, 11) is -3.47. The van der Waals surface area contributed by atoms with Gasteiger partial charge in [0.25, 0.3) is 0 Å². The van der Waals surface area contributed by atoms with Crippen LogP contribution in [0.2, 0.25) is 0 Å². The van der Waals surface area contributed by atoms with Gasteiger partial charge in [0.05, 0.1) is 6.07 Å². The van der Waals surface area contributed by atoms with Crippen LogP contribution in [-0.2, 0) is 10.0 Å². The molecule has 0 aromatic heterocycles. The highest BCUT2D eigenvalue weighted by atomic mass is 32.2. The molecule has 0 rings (SSSR count). The molecule has 0 aliphatic rings. The molecule has 4 nitrogen and oxygen atoms in total. The second-order valence-corrected chi connectivity index (χ2v) is 6.40. The Labute approximate surface area is 86.4 Å². The lowest BCUT2D eigenvalue weighted by Gasteiger charge is -2.19. The third-order valence-corrected chi connectivity index (χ3v) is 3.43. The standard InChI is InChI=1S/C9H18N2O2S/c1-5-8(6-10)14(12,13)11-7-9(2,3)4/h8,11H,5,7H2,1-4H3. The maximum atomic E-state index is 11.5. The molecule has 5 heteroatoms. The molecular formula is C9H18N2O2S. The zero-order valence-electron chi connectivity index (χ0n) is 9.16. The van der Waals surface area contributed by atoms with Gasteiger partial charge in [-0.25, -0.2) is 13.1 Å². The molecule has 0 fully saturated rings. The van der Waals surface area contributed by atoms with Crippen LogP contribution >= 0.6 is 0 Å². The quantitative estimate of drug-likeness (QED) is 0.772. The van der Waals surface area contributed by atoms with E-state index in [1.807, 2.05) is 20.8 Å². The van der Waals surface area contributed by atoms with Crippen molar-refractivity contribution in [2.45, 2.75) is 39.4 Å². The summed E-state index contributed by atoms with van der Waals surface area (Å²) in [6, 6.07) is 1.78. The molecule has 0 saturated heterocycles. The fourth-order valence-electron chi connectivity index (χ4n) is 0.798. The van der Waals surface area contributed by atoms with Crippen LogP contribution in [-0.4, -0.2) is 20.2 Å². The van der Waals surface area contributed by atoms with E-state index in [-0.39, 0.29) is 5.41 Å². The average Bonchev–Trinajstić information content (AvgIpc) is 2.02. The van der Waals surface area contributed by atoms with Gasteiger partial charge in [-0.3, -0.25) is 0 Å². The summed E-state index contributed by atoms with van der Waals surface area (Å²) in [5.74, 6) is 0. The third-order valence-electron chi connectivity index (χ3n) is 1.69. The summed E-state index contributed by atoms with van der Waals surface area (Å²) < 4.78 is 25.5. The van der Waals surface area contributed by atoms with Crippen molar-refractivity contribution in [1.29, 1.82) is 5.26 Å². The van der Waals surface area contributed by atoms with E-state index in [2.05, 4.69) is 4.72 Å². The van der Waals surface area contributed by atoms with Crippen molar-refractivity contribution in [3.05, 3.63) is 0 Å². The second-order valence-electron chi connectivity index (χ2n) is 4.45. The Morgan fingerprint density at radius 2 is 1.93 bits per heavy atom. The van der Waals surface area contributed by atoms with Crippen LogP contribution in [0.25, 0.3) is 0 Å². The molecule has 1 atom stereocenters. The van der Waals surface area contributed by atoms with Crippen LogP contribution < -0.4 is 4.72 Å². The van der Waals surface area contributed by atoms with Crippen LogP contribution in [0.3, 0.4) is 0 Å². The summed E-state index contributed by atoms with van der Waals surface area (Å²) in [5, 5.41) is 7.68. The predicted molar refractivity (Wildman–Crippen MR) is 56.1 cm³/mol. The maximum Gasteiger partial charge on any atom is 0.227 e. The fourth-order valence-corrected chi connectivity index (χ4v) is 2.21. The zero-order valence-corrected chi connectivity index (χ0v) is 9.98. The molecule has 14 heavy (non-hydrogen) atoms. The minimum absolute atomic E-state index is 0.110. The first-order valence-corrected chi connectivity index (χ1v) is 6.15. The van der Waals surface area contributed by atoms with E-state index in [1.54, 1.807) is 13.0 Å². The molecule has 0 aliphatic heterocycles. The van der Waals surface area contributed by atoms with Gasteiger partial charge in [-0.1, -0.05) is 27.7 Å². The van der Waals surface area contributed by atoms with Gasteiger partial charge >= 0.3 is 0 Å². The lowest BCUT2D eigenvalue weighted by Crippen LogP contribution is -2.38. The molecule has 0 bridgehead atoms. The molecule has 0 heterocycles. The third kappa shape index (κ3) is 4.58. The highest BCUT2D eigenvalue weighted by Gasteiger charge is 2.24. The van der Waals surface area contributed by atoms with Crippen molar-refractivity contribution in [3.63, 3.8) is 0 Å². The van der Waals surface area contributed by atoms with E-state index < -0.39 is 15.3 Å². The van der Waals surface area contributed by atoms with Crippen LogP contribution in [0.15, 0.2) is 0 Å². The number of hydrogen-bond donors (Lipinski definition) is 1. The van der Waals surface area contributed by atoms with Gasteiger partial charge in [0.2, 0.25) is 10.0 Å². The minimum Gasteiger partial charge on any atom is -0.214 e. The van der Waals surface area contributed by atoms with Gasteiger partial charge in [0.1, 0.15) is 0 Å². The molecule has 1 unspecified atom stereocenters. The van der Waals surface area contributed by atoms with Crippen LogP contribution in [0, 0.1) is 16.7 Å². The fraction of sp³-hybridized carbons (Fsp3) is 0.889. The van der Waals surface area contributed by atoms with E-state index >= 15 is 0 Å². The Morgan fingerprint density at radius 3 is 2.21 bits per heavy atom. The highest BCUT2D eigenvalue weighted by Crippen LogP contribution is 2.12. The Bertz CT molecular complexity index is 309. The van der Waals surface area contributed by atoms with Crippen molar-refractivity contribution in [2.24, 2.45) is 5.41 Å². The Hall–Kier alpha value is -0.600. The smallest absolute Gasteiger partial charge is 0.214 e. The van der Waals surface area contributed by atoms with E-state index in [9.17, 15) is 8.42 Å². The van der Waals surface area contributed by atoms with Crippen LogP contribution in [0.5, 0.6) is 0 Å². The maximum absolute atomic E-state index is 11.5. The van der Waals surface area contributed by atoms with Gasteiger partial charge in [-0.2, -0.15) is 5.26 Å². The normalized spacial score (nSPS) is 14.8. The second kappa shape index (κ2) is 4.76. The lowest BCUT2D eigenvalue weighted by molar-refractivity contribution is 0.407. The van der Waals surface area contributed by atoms with Gasteiger partial charge in [0, 0.05) is 6.54 Å². The van der Waals surface area contributed by atoms with Gasteiger partial charge < -0.3 is 0 Å². The van der Waals surface area contributed by atoms with E-state index in [4.69, 9.17) is 5.26 Å². The first kappa shape index (κ1) is 13.4. The monoisotopic (exact) mass is 218 g/mol. The highest BCUT2D eigenvalue weighted by molar-refractivity contribution is 7.90. The molecule has 0 aromatic carbocycles. The van der Waals surface area contributed by atoms with Crippen LogP contribution in [0.4, 0.5) is 0 Å². The number of rotatable bonds is 4. The number of nitrogens with one attached hydrogen (secondary N) is 1. The Kier molecular flexibility index (Phi) is 4.56. The summed E-state index contributed by atoms with van der Waals surface area (Å²) in [6.07, 6.45) is 0.315.